The van der Waals surface area contributed by atoms with Crippen molar-refractivity contribution in [1.29, 1.82) is 0 Å². The third-order valence-electron chi connectivity index (χ3n) is 4.85. The predicted octanol–water partition coefficient (Wildman–Crippen LogP) is 4.38. The fourth-order valence-electron chi connectivity index (χ4n) is 3.21. The van der Waals surface area contributed by atoms with E-state index in [9.17, 15) is 0 Å². The number of hydrogen-bond donors (Lipinski definition) is 0. The van der Waals surface area contributed by atoms with Crippen LogP contribution in [0, 0.1) is 0 Å². The normalized spacial score (nSPS) is 14.3. The summed E-state index contributed by atoms with van der Waals surface area (Å²) in [5, 5.41) is 0. The summed E-state index contributed by atoms with van der Waals surface area (Å²) < 4.78 is 10.7. The second kappa shape index (κ2) is 12.6. The number of piperazine rings is 1. The molecule has 2 aromatic carbocycles. The van der Waals surface area contributed by atoms with Gasteiger partial charge in [-0.15, -0.1) is 24.8 Å². The molecule has 1 fully saturated rings. The van der Waals surface area contributed by atoms with Crippen LogP contribution in [0.1, 0.15) is 11.1 Å². The van der Waals surface area contributed by atoms with Gasteiger partial charge in [-0.2, -0.15) is 0 Å². The standard InChI is InChI=1S/C22H28N2O2.2ClH/c1-25-21-9-8-20(18-22(21)26-2)11-13-24-16-14-23(15-17-24)12-10-19-6-4-3-5-7-19;;/h3-10,12,18H,11,13-17H2,1-2H3;2*1H. The van der Waals surface area contributed by atoms with E-state index in [1.807, 2.05) is 6.07 Å². The Balaban J connectivity index is 0.00000196. The van der Waals surface area contributed by atoms with E-state index in [0.29, 0.717) is 0 Å². The Morgan fingerprint density at radius 3 is 2.18 bits per heavy atom. The Bertz CT molecular complexity index is 718. The highest BCUT2D eigenvalue weighted by molar-refractivity contribution is 5.85. The smallest absolute Gasteiger partial charge is 0.160 e. The molecule has 28 heavy (non-hydrogen) atoms. The van der Waals surface area contributed by atoms with Crippen molar-refractivity contribution >= 4 is 30.9 Å². The number of methoxy groups -OCH3 is 2. The molecule has 1 heterocycles. The molecule has 0 radical (unpaired) electrons. The van der Waals surface area contributed by atoms with Gasteiger partial charge in [0.15, 0.2) is 11.5 Å². The highest BCUT2D eigenvalue weighted by atomic mass is 35.5. The van der Waals surface area contributed by atoms with Crippen LogP contribution in [0.15, 0.2) is 54.7 Å². The highest BCUT2D eigenvalue weighted by Gasteiger charge is 2.14. The highest BCUT2D eigenvalue weighted by Crippen LogP contribution is 2.27. The van der Waals surface area contributed by atoms with E-state index < -0.39 is 0 Å². The lowest BCUT2D eigenvalue weighted by Gasteiger charge is -2.34. The van der Waals surface area contributed by atoms with E-state index in [4.69, 9.17) is 9.47 Å². The Labute approximate surface area is 180 Å². The molecule has 4 nitrogen and oxygen atoms in total. The number of nitrogens with zero attached hydrogens (tertiary/aromatic N) is 2. The lowest BCUT2D eigenvalue weighted by atomic mass is 10.1. The van der Waals surface area contributed by atoms with Crippen LogP contribution in [0.25, 0.3) is 6.08 Å². The molecule has 0 aliphatic carbocycles. The largest absolute Gasteiger partial charge is 0.493 e. The van der Waals surface area contributed by atoms with Gasteiger partial charge in [0.1, 0.15) is 0 Å². The van der Waals surface area contributed by atoms with E-state index in [0.717, 1.165) is 50.6 Å². The van der Waals surface area contributed by atoms with Gasteiger partial charge < -0.3 is 14.4 Å². The molecule has 1 aliphatic heterocycles. The van der Waals surface area contributed by atoms with E-state index in [2.05, 4.69) is 64.5 Å². The zero-order chi connectivity index (χ0) is 18.2. The second-order valence-electron chi connectivity index (χ2n) is 6.54. The van der Waals surface area contributed by atoms with Crippen LogP contribution in [-0.4, -0.2) is 56.7 Å². The minimum Gasteiger partial charge on any atom is -0.493 e. The van der Waals surface area contributed by atoms with Gasteiger partial charge in [0.25, 0.3) is 0 Å². The van der Waals surface area contributed by atoms with Crippen LogP contribution >= 0.6 is 24.8 Å². The first-order valence-electron chi connectivity index (χ1n) is 9.19. The molecular formula is C22H30Cl2N2O2. The topological polar surface area (TPSA) is 24.9 Å². The average Bonchev–Trinajstić information content (AvgIpc) is 2.72. The van der Waals surface area contributed by atoms with Crippen LogP contribution in [0.4, 0.5) is 0 Å². The predicted molar refractivity (Wildman–Crippen MR) is 121 cm³/mol. The van der Waals surface area contributed by atoms with Crippen molar-refractivity contribution in [1.82, 2.24) is 9.80 Å². The molecular weight excluding hydrogens is 395 g/mol. The monoisotopic (exact) mass is 424 g/mol. The van der Waals surface area contributed by atoms with Gasteiger partial charge in [0, 0.05) is 32.7 Å². The van der Waals surface area contributed by atoms with Crippen molar-refractivity contribution in [2.75, 3.05) is 46.9 Å². The van der Waals surface area contributed by atoms with Crippen molar-refractivity contribution in [2.45, 2.75) is 6.42 Å². The maximum absolute atomic E-state index is 5.39. The quantitative estimate of drug-likeness (QED) is 0.658. The van der Waals surface area contributed by atoms with Crippen LogP contribution in [0.5, 0.6) is 11.5 Å². The molecule has 3 rings (SSSR count). The maximum Gasteiger partial charge on any atom is 0.160 e. The minimum atomic E-state index is 0. The fraction of sp³-hybridized carbons (Fsp3) is 0.364. The molecule has 0 unspecified atom stereocenters. The van der Waals surface area contributed by atoms with Crippen molar-refractivity contribution < 1.29 is 9.47 Å². The van der Waals surface area contributed by atoms with E-state index in [1.54, 1.807) is 14.2 Å². The number of halogens is 2. The van der Waals surface area contributed by atoms with E-state index >= 15 is 0 Å². The van der Waals surface area contributed by atoms with Gasteiger partial charge in [-0.3, -0.25) is 4.90 Å². The summed E-state index contributed by atoms with van der Waals surface area (Å²) in [5.74, 6) is 1.59. The lowest BCUT2D eigenvalue weighted by molar-refractivity contribution is 0.171. The molecule has 0 saturated carbocycles. The Kier molecular flexibility index (Phi) is 10.8. The van der Waals surface area contributed by atoms with E-state index in [-0.39, 0.29) is 24.8 Å². The molecule has 1 saturated heterocycles. The van der Waals surface area contributed by atoms with Crippen molar-refractivity contribution in [2.24, 2.45) is 0 Å². The second-order valence-corrected chi connectivity index (χ2v) is 6.54. The molecule has 0 bridgehead atoms. The average molecular weight is 425 g/mol. The molecule has 0 atom stereocenters. The first kappa shape index (κ1) is 24.2. The fourth-order valence-corrected chi connectivity index (χ4v) is 3.21. The van der Waals surface area contributed by atoms with Gasteiger partial charge >= 0.3 is 0 Å². The van der Waals surface area contributed by atoms with Gasteiger partial charge in [0.05, 0.1) is 14.2 Å². The van der Waals surface area contributed by atoms with Gasteiger partial charge in [-0.05, 0) is 42.0 Å². The summed E-state index contributed by atoms with van der Waals surface area (Å²) in [6.07, 6.45) is 5.44. The van der Waals surface area contributed by atoms with Crippen molar-refractivity contribution in [3.63, 3.8) is 0 Å². The summed E-state index contributed by atoms with van der Waals surface area (Å²) >= 11 is 0. The summed E-state index contributed by atoms with van der Waals surface area (Å²) in [7, 11) is 3.35. The summed E-state index contributed by atoms with van der Waals surface area (Å²) in [6, 6.07) is 16.7. The van der Waals surface area contributed by atoms with Crippen LogP contribution in [-0.2, 0) is 6.42 Å². The Morgan fingerprint density at radius 1 is 0.857 bits per heavy atom. The zero-order valence-corrected chi connectivity index (χ0v) is 18.2. The lowest BCUT2D eigenvalue weighted by Crippen LogP contribution is -2.44. The first-order chi connectivity index (χ1) is 12.8. The summed E-state index contributed by atoms with van der Waals surface area (Å²) in [5.41, 5.74) is 2.54. The molecule has 0 aromatic heterocycles. The molecule has 0 amide bonds. The number of hydrogen-bond acceptors (Lipinski definition) is 4. The molecule has 2 aromatic rings. The van der Waals surface area contributed by atoms with Crippen molar-refractivity contribution in [3.8, 4) is 11.5 Å². The third kappa shape index (κ3) is 6.93. The Hall–Kier alpha value is -1.88. The van der Waals surface area contributed by atoms with E-state index in [1.165, 1.54) is 11.1 Å². The molecule has 0 N–H and O–H groups in total. The number of rotatable bonds is 7. The van der Waals surface area contributed by atoms with Gasteiger partial charge in [-0.25, -0.2) is 0 Å². The number of ether oxygens (including phenoxy) is 2. The maximum atomic E-state index is 5.39. The molecule has 6 heteroatoms. The SMILES string of the molecule is COc1ccc(CCN2CCN(C=Cc3ccccc3)CC2)cc1OC.Cl.Cl. The first-order valence-corrected chi connectivity index (χ1v) is 9.19. The number of benzene rings is 2. The van der Waals surface area contributed by atoms with Crippen LogP contribution in [0.3, 0.4) is 0 Å². The molecule has 0 spiro atoms. The van der Waals surface area contributed by atoms with Crippen LogP contribution < -0.4 is 9.47 Å². The molecule has 1 aliphatic rings. The summed E-state index contributed by atoms with van der Waals surface area (Å²) in [4.78, 5) is 4.93. The molecule has 154 valence electrons. The van der Waals surface area contributed by atoms with Gasteiger partial charge in [0.2, 0.25) is 0 Å². The van der Waals surface area contributed by atoms with Crippen molar-refractivity contribution in [3.05, 3.63) is 65.9 Å². The summed E-state index contributed by atoms with van der Waals surface area (Å²) in [6.45, 7) is 5.44. The Morgan fingerprint density at radius 2 is 1.54 bits per heavy atom. The van der Waals surface area contributed by atoms with Crippen LogP contribution in [0.2, 0.25) is 0 Å². The third-order valence-corrected chi connectivity index (χ3v) is 4.85. The zero-order valence-electron chi connectivity index (χ0n) is 16.5. The minimum absolute atomic E-state index is 0. The van der Waals surface area contributed by atoms with Gasteiger partial charge in [-0.1, -0.05) is 36.4 Å².